The molecular weight excluding hydrogens is 362 g/mol. The molecule has 2 aromatic heterocycles. The highest BCUT2D eigenvalue weighted by Gasteiger charge is 2.14. The van der Waals surface area contributed by atoms with Crippen molar-refractivity contribution in [1.82, 2.24) is 14.8 Å². The molecule has 0 bridgehead atoms. The summed E-state index contributed by atoms with van der Waals surface area (Å²) in [7, 11) is 0. The van der Waals surface area contributed by atoms with Gasteiger partial charge in [0.25, 0.3) is 5.69 Å². The first-order chi connectivity index (χ1) is 13.0. The van der Waals surface area contributed by atoms with E-state index in [1.807, 2.05) is 48.9 Å². The number of nitro benzene ring substituents is 1. The lowest BCUT2D eigenvalue weighted by Crippen LogP contribution is -2.03. The van der Waals surface area contributed by atoms with Crippen molar-refractivity contribution in [3.05, 3.63) is 75.6 Å². The van der Waals surface area contributed by atoms with E-state index in [4.69, 9.17) is 0 Å². The van der Waals surface area contributed by atoms with Gasteiger partial charge in [0.1, 0.15) is 0 Å². The van der Waals surface area contributed by atoms with Gasteiger partial charge in [0.05, 0.1) is 26.5 Å². The molecule has 1 N–H and O–H groups in total. The Morgan fingerprint density at radius 1 is 1.19 bits per heavy atom. The molecule has 0 saturated carbocycles. The number of fused-ring (bicyclic) bond motifs is 1. The minimum atomic E-state index is -0.392. The molecule has 27 heavy (non-hydrogen) atoms. The summed E-state index contributed by atoms with van der Waals surface area (Å²) in [5.74, 6) is 0. The van der Waals surface area contributed by atoms with Crippen molar-refractivity contribution >= 4 is 32.4 Å². The number of para-hydroxylation sites is 1. The molecule has 0 radical (unpaired) electrons. The highest BCUT2D eigenvalue weighted by Crippen LogP contribution is 2.30. The standard InChI is InChI=1S/C19H17N5O2S/c1-12-16(13(2)23(22-12)14-6-4-3-5-7-14)11-20-19-21-17-9-8-15(24(25)26)10-18(17)27-19/h3-10H,11H2,1-2H3,(H,20,21). The Hall–Kier alpha value is -3.26. The second-order valence-electron chi connectivity index (χ2n) is 6.18. The van der Waals surface area contributed by atoms with Gasteiger partial charge >= 0.3 is 0 Å². The molecule has 4 rings (SSSR count). The van der Waals surface area contributed by atoms with Gasteiger partial charge in [-0.3, -0.25) is 10.1 Å². The van der Waals surface area contributed by atoms with E-state index in [-0.39, 0.29) is 5.69 Å². The van der Waals surface area contributed by atoms with Gasteiger partial charge in [-0.2, -0.15) is 5.10 Å². The van der Waals surface area contributed by atoms with Crippen molar-refractivity contribution in [2.45, 2.75) is 20.4 Å². The maximum absolute atomic E-state index is 10.9. The van der Waals surface area contributed by atoms with Crippen LogP contribution >= 0.6 is 11.3 Å². The quantitative estimate of drug-likeness (QED) is 0.404. The van der Waals surface area contributed by atoms with Gasteiger partial charge in [0, 0.05) is 29.9 Å². The molecule has 0 fully saturated rings. The van der Waals surface area contributed by atoms with Crippen molar-refractivity contribution in [2.24, 2.45) is 0 Å². The lowest BCUT2D eigenvalue weighted by molar-refractivity contribution is -0.384. The van der Waals surface area contributed by atoms with Crippen LogP contribution in [0.5, 0.6) is 0 Å². The number of hydrogen-bond acceptors (Lipinski definition) is 6. The molecule has 0 aliphatic heterocycles. The molecule has 4 aromatic rings. The first kappa shape index (κ1) is 17.2. The van der Waals surface area contributed by atoms with Crippen molar-refractivity contribution < 1.29 is 4.92 Å². The maximum atomic E-state index is 10.9. The second kappa shape index (κ2) is 6.81. The number of nitrogens with one attached hydrogen (secondary N) is 1. The van der Waals surface area contributed by atoms with E-state index in [2.05, 4.69) is 15.4 Å². The number of nitro groups is 1. The molecule has 0 aliphatic carbocycles. The van der Waals surface area contributed by atoms with Gasteiger partial charge < -0.3 is 5.32 Å². The summed E-state index contributed by atoms with van der Waals surface area (Å²) in [6.07, 6.45) is 0. The van der Waals surface area contributed by atoms with Crippen LogP contribution in [0.3, 0.4) is 0 Å². The van der Waals surface area contributed by atoms with E-state index in [0.29, 0.717) is 6.54 Å². The normalized spacial score (nSPS) is 11.0. The molecular formula is C19H17N5O2S. The highest BCUT2D eigenvalue weighted by molar-refractivity contribution is 7.22. The predicted molar refractivity (Wildman–Crippen MR) is 107 cm³/mol. The molecule has 8 heteroatoms. The molecule has 7 nitrogen and oxygen atoms in total. The Morgan fingerprint density at radius 3 is 2.70 bits per heavy atom. The van der Waals surface area contributed by atoms with Gasteiger partial charge in [-0.25, -0.2) is 9.67 Å². The Bertz CT molecular complexity index is 1130. The number of rotatable bonds is 5. The Kier molecular flexibility index (Phi) is 4.33. The molecule has 136 valence electrons. The first-order valence-electron chi connectivity index (χ1n) is 8.42. The number of non-ortho nitro benzene ring substituents is 1. The Morgan fingerprint density at radius 2 is 1.96 bits per heavy atom. The first-order valence-corrected chi connectivity index (χ1v) is 9.24. The summed E-state index contributed by atoms with van der Waals surface area (Å²) >= 11 is 1.41. The van der Waals surface area contributed by atoms with Crippen LogP contribution in [0.1, 0.15) is 17.0 Å². The van der Waals surface area contributed by atoms with Crippen molar-refractivity contribution in [1.29, 1.82) is 0 Å². The highest BCUT2D eigenvalue weighted by atomic mass is 32.1. The summed E-state index contributed by atoms with van der Waals surface area (Å²) < 4.78 is 2.73. The SMILES string of the molecule is Cc1nn(-c2ccccc2)c(C)c1CNc1nc2ccc([N+](=O)[O-])cc2s1. The minimum Gasteiger partial charge on any atom is -0.357 e. The summed E-state index contributed by atoms with van der Waals surface area (Å²) in [6.45, 7) is 4.63. The number of benzene rings is 2. The van der Waals surface area contributed by atoms with Crippen molar-refractivity contribution in [2.75, 3.05) is 5.32 Å². The fourth-order valence-electron chi connectivity index (χ4n) is 3.02. The van der Waals surface area contributed by atoms with E-state index in [9.17, 15) is 10.1 Å². The second-order valence-corrected chi connectivity index (χ2v) is 7.21. The fraction of sp³-hybridized carbons (Fsp3) is 0.158. The molecule has 0 unspecified atom stereocenters. The van der Waals surface area contributed by atoms with E-state index < -0.39 is 4.92 Å². The fourth-order valence-corrected chi connectivity index (χ4v) is 3.91. The van der Waals surface area contributed by atoms with Crippen molar-refractivity contribution in [3.8, 4) is 5.69 Å². The molecule has 0 amide bonds. The Balaban J connectivity index is 1.58. The molecule has 2 aromatic carbocycles. The van der Waals surface area contributed by atoms with Crippen LogP contribution in [0.15, 0.2) is 48.5 Å². The summed E-state index contributed by atoms with van der Waals surface area (Å²) in [6, 6.07) is 14.7. The third-order valence-corrected chi connectivity index (χ3v) is 5.42. The zero-order chi connectivity index (χ0) is 19.0. The van der Waals surface area contributed by atoms with Crippen LogP contribution in [0.2, 0.25) is 0 Å². The number of nitrogens with zero attached hydrogens (tertiary/aromatic N) is 4. The van der Waals surface area contributed by atoms with E-state index >= 15 is 0 Å². The van der Waals surface area contributed by atoms with Gasteiger partial charge in [0.15, 0.2) is 5.13 Å². The third-order valence-electron chi connectivity index (χ3n) is 4.44. The summed E-state index contributed by atoms with van der Waals surface area (Å²) in [5, 5.41) is 19.6. The maximum Gasteiger partial charge on any atom is 0.270 e. The largest absolute Gasteiger partial charge is 0.357 e. The zero-order valence-electron chi connectivity index (χ0n) is 14.8. The molecule has 2 heterocycles. The Labute approximate surface area is 159 Å². The number of hydrogen-bond donors (Lipinski definition) is 1. The number of aryl methyl sites for hydroxylation is 1. The number of aromatic nitrogens is 3. The summed E-state index contributed by atoms with van der Waals surface area (Å²) in [5.41, 5.74) is 5.00. The molecule has 0 aliphatic rings. The number of thiazole rings is 1. The average molecular weight is 379 g/mol. The van der Waals surface area contributed by atoms with Crippen molar-refractivity contribution in [3.63, 3.8) is 0 Å². The lowest BCUT2D eigenvalue weighted by atomic mass is 10.2. The van der Waals surface area contributed by atoms with Crippen LogP contribution in [-0.4, -0.2) is 19.7 Å². The van der Waals surface area contributed by atoms with Crippen LogP contribution in [-0.2, 0) is 6.54 Å². The molecule has 0 saturated heterocycles. The number of anilines is 1. The van der Waals surface area contributed by atoms with Crippen LogP contribution in [0.25, 0.3) is 15.9 Å². The topological polar surface area (TPSA) is 85.9 Å². The lowest BCUT2D eigenvalue weighted by Gasteiger charge is -2.06. The van der Waals surface area contributed by atoms with Gasteiger partial charge in [-0.1, -0.05) is 29.5 Å². The average Bonchev–Trinajstić information content (AvgIpc) is 3.20. The van der Waals surface area contributed by atoms with Crippen LogP contribution in [0, 0.1) is 24.0 Å². The predicted octanol–water partition coefficient (Wildman–Crippen LogP) is 4.62. The van der Waals surface area contributed by atoms with Gasteiger partial charge in [-0.15, -0.1) is 0 Å². The van der Waals surface area contributed by atoms with Gasteiger partial charge in [-0.05, 0) is 32.0 Å². The van der Waals surface area contributed by atoms with E-state index in [1.54, 1.807) is 12.1 Å². The monoisotopic (exact) mass is 379 g/mol. The van der Waals surface area contributed by atoms with E-state index in [0.717, 1.165) is 38.0 Å². The van der Waals surface area contributed by atoms with E-state index in [1.165, 1.54) is 17.4 Å². The van der Waals surface area contributed by atoms with Crippen LogP contribution < -0.4 is 5.32 Å². The van der Waals surface area contributed by atoms with Crippen LogP contribution in [0.4, 0.5) is 10.8 Å². The molecule has 0 atom stereocenters. The van der Waals surface area contributed by atoms with Gasteiger partial charge in [0.2, 0.25) is 0 Å². The third kappa shape index (κ3) is 3.26. The summed E-state index contributed by atoms with van der Waals surface area (Å²) in [4.78, 5) is 15.0. The zero-order valence-corrected chi connectivity index (χ0v) is 15.7. The molecule has 0 spiro atoms. The minimum absolute atomic E-state index is 0.0773. The smallest absolute Gasteiger partial charge is 0.270 e.